The highest BCUT2D eigenvalue weighted by atomic mass is 127. The summed E-state index contributed by atoms with van der Waals surface area (Å²) in [7, 11) is 2.18. The van der Waals surface area contributed by atoms with Gasteiger partial charge in [0.25, 0.3) is 0 Å². The maximum atomic E-state index is 2.40. The van der Waals surface area contributed by atoms with Gasteiger partial charge in [0.05, 0.1) is 0 Å². The first-order chi connectivity index (χ1) is 4.20. The summed E-state index contributed by atoms with van der Waals surface area (Å²) in [5, 5.41) is 0. The average Bonchev–Trinajstić information content (AvgIpc) is 1.80. The molecule has 2 nitrogen and oxygen atoms in total. The molecule has 0 aliphatic carbocycles. The fraction of sp³-hybridized carbons (Fsp3) is 1.00. The van der Waals surface area contributed by atoms with E-state index in [1.807, 2.05) is 0 Å². The molecule has 0 amide bonds. The van der Waals surface area contributed by atoms with Gasteiger partial charge in [-0.05, 0) is 14.0 Å². The molecule has 1 unspecified atom stereocenters. The summed E-state index contributed by atoms with van der Waals surface area (Å²) in [6.07, 6.45) is 0. The lowest BCUT2D eigenvalue weighted by molar-refractivity contribution is 0.194. The first-order valence-electron chi connectivity index (χ1n) is 3.31. The molecule has 1 heterocycles. The van der Waals surface area contributed by atoms with Crippen LogP contribution in [0.4, 0.5) is 0 Å². The summed E-state index contributed by atoms with van der Waals surface area (Å²) >= 11 is 2.40. The van der Waals surface area contributed by atoms with Gasteiger partial charge < -0.3 is 4.90 Å². The monoisotopic (exact) mass is 240 g/mol. The molecule has 3 heteroatoms. The van der Waals surface area contributed by atoms with Crippen LogP contribution in [0, 0.1) is 0 Å². The number of likely N-dealkylation sites (N-methyl/N-ethyl adjacent to an activating group) is 1. The van der Waals surface area contributed by atoms with E-state index in [2.05, 4.69) is 44.8 Å². The third kappa shape index (κ3) is 2.05. The van der Waals surface area contributed by atoms with E-state index in [1.165, 1.54) is 19.6 Å². The summed E-state index contributed by atoms with van der Waals surface area (Å²) in [6.45, 7) is 5.90. The molecule has 1 aliphatic rings. The van der Waals surface area contributed by atoms with Crippen molar-refractivity contribution in [2.24, 2.45) is 0 Å². The highest BCUT2D eigenvalue weighted by molar-refractivity contribution is 14.1. The van der Waals surface area contributed by atoms with Crippen LogP contribution in [-0.4, -0.2) is 40.7 Å². The fourth-order valence-corrected chi connectivity index (χ4v) is 1.51. The molecular weight excluding hydrogens is 227 g/mol. The quantitative estimate of drug-likeness (QED) is 0.460. The molecule has 9 heavy (non-hydrogen) atoms. The lowest BCUT2D eigenvalue weighted by Crippen LogP contribution is -2.45. The number of hydrogen-bond acceptors (Lipinski definition) is 2. The Morgan fingerprint density at radius 3 is 2.56 bits per heavy atom. The predicted octanol–water partition coefficient (Wildman–Crippen LogP) is 0.972. The van der Waals surface area contributed by atoms with Crippen LogP contribution < -0.4 is 0 Å². The summed E-state index contributed by atoms with van der Waals surface area (Å²) in [4.78, 5) is 2.37. The topological polar surface area (TPSA) is 6.48 Å². The van der Waals surface area contributed by atoms with Gasteiger partial charge in [0.1, 0.15) is 0 Å². The van der Waals surface area contributed by atoms with Crippen LogP contribution in [-0.2, 0) is 0 Å². The molecule has 0 radical (unpaired) electrons. The van der Waals surface area contributed by atoms with Gasteiger partial charge in [0.15, 0.2) is 0 Å². The normalized spacial score (nSPS) is 33.0. The number of hydrogen-bond donors (Lipinski definition) is 0. The van der Waals surface area contributed by atoms with Gasteiger partial charge in [0, 0.05) is 48.5 Å². The third-order valence-corrected chi connectivity index (χ3v) is 3.18. The van der Waals surface area contributed by atoms with Crippen molar-refractivity contribution < 1.29 is 0 Å². The molecule has 1 aliphatic heterocycles. The van der Waals surface area contributed by atoms with E-state index in [1.54, 1.807) is 0 Å². The number of halogens is 1. The average molecular weight is 240 g/mol. The van der Waals surface area contributed by atoms with Gasteiger partial charge >= 0.3 is 0 Å². The second-order valence-electron chi connectivity index (χ2n) is 2.73. The second kappa shape index (κ2) is 3.16. The van der Waals surface area contributed by atoms with Gasteiger partial charge in [-0.1, -0.05) is 0 Å². The van der Waals surface area contributed by atoms with E-state index in [4.69, 9.17) is 0 Å². The van der Waals surface area contributed by atoms with Gasteiger partial charge in [0.2, 0.25) is 0 Å². The maximum absolute atomic E-state index is 2.40. The van der Waals surface area contributed by atoms with Crippen molar-refractivity contribution in [3.63, 3.8) is 0 Å². The van der Waals surface area contributed by atoms with Gasteiger partial charge in [-0.3, -0.25) is 0 Å². The zero-order valence-electron chi connectivity index (χ0n) is 5.97. The molecule has 1 rings (SSSR count). The van der Waals surface area contributed by atoms with Crippen LogP contribution >= 0.6 is 22.9 Å². The van der Waals surface area contributed by atoms with Crippen molar-refractivity contribution in [1.82, 2.24) is 8.01 Å². The Morgan fingerprint density at radius 2 is 2.11 bits per heavy atom. The summed E-state index contributed by atoms with van der Waals surface area (Å²) in [5.74, 6) is 0. The zero-order valence-corrected chi connectivity index (χ0v) is 8.13. The lowest BCUT2D eigenvalue weighted by atomic mass is 10.2. The Kier molecular flexibility index (Phi) is 2.73. The Morgan fingerprint density at radius 1 is 1.44 bits per heavy atom. The van der Waals surface area contributed by atoms with Gasteiger partial charge in [-0.25, -0.2) is 3.11 Å². The largest absolute Gasteiger partial charge is 0.303 e. The Bertz CT molecular complexity index is 97.1. The highest BCUT2D eigenvalue weighted by Crippen LogP contribution is 2.11. The van der Waals surface area contributed by atoms with Crippen LogP contribution in [0.5, 0.6) is 0 Å². The zero-order chi connectivity index (χ0) is 6.85. The summed E-state index contributed by atoms with van der Waals surface area (Å²) in [6, 6.07) is 0.726. The van der Waals surface area contributed by atoms with E-state index < -0.39 is 0 Å². The molecule has 0 aromatic heterocycles. The Balaban J connectivity index is 2.35. The molecule has 0 aromatic carbocycles. The molecule has 0 saturated carbocycles. The molecule has 1 atom stereocenters. The SMILES string of the molecule is CC1CN(C)CCN1I. The number of nitrogens with zero attached hydrogens (tertiary/aromatic N) is 2. The fourth-order valence-electron chi connectivity index (χ4n) is 1.12. The molecule has 1 fully saturated rings. The van der Waals surface area contributed by atoms with Crippen LogP contribution in [0.3, 0.4) is 0 Å². The predicted molar refractivity (Wildman–Crippen MR) is 47.7 cm³/mol. The number of rotatable bonds is 0. The first-order valence-corrected chi connectivity index (χ1v) is 4.27. The molecule has 0 aromatic rings. The lowest BCUT2D eigenvalue weighted by Gasteiger charge is -2.33. The van der Waals surface area contributed by atoms with Crippen molar-refractivity contribution in [2.45, 2.75) is 13.0 Å². The van der Waals surface area contributed by atoms with E-state index in [0.717, 1.165) is 6.04 Å². The van der Waals surface area contributed by atoms with E-state index >= 15 is 0 Å². The highest BCUT2D eigenvalue weighted by Gasteiger charge is 2.18. The number of piperazine rings is 1. The maximum Gasteiger partial charge on any atom is 0.0293 e. The van der Waals surface area contributed by atoms with Crippen LogP contribution in [0.25, 0.3) is 0 Å². The van der Waals surface area contributed by atoms with E-state index in [9.17, 15) is 0 Å². The van der Waals surface area contributed by atoms with Crippen molar-refractivity contribution >= 4 is 22.9 Å². The van der Waals surface area contributed by atoms with Crippen LogP contribution in [0.15, 0.2) is 0 Å². The van der Waals surface area contributed by atoms with Crippen molar-refractivity contribution in [1.29, 1.82) is 0 Å². The van der Waals surface area contributed by atoms with Gasteiger partial charge in [-0.15, -0.1) is 0 Å². The molecule has 0 N–H and O–H groups in total. The van der Waals surface area contributed by atoms with Gasteiger partial charge in [-0.2, -0.15) is 0 Å². The molecule has 54 valence electrons. The second-order valence-corrected chi connectivity index (χ2v) is 3.97. The Labute approximate surface area is 70.7 Å². The minimum Gasteiger partial charge on any atom is -0.303 e. The third-order valence-electron chi connectivity index (χ3n) is 1.75. The minimum absolute atomic E-state index is 0.726. The first kappa shape index (κ1) is 7.75. The summed E-state index contributed by atoms with van der Waals surface area (Å²) < 4.78 is 2.37. The molecule has 0 spiro atoms. The van der Waals surface area contributed by atoms with E-state index in [-0.39, 0.29) is 0 Å². The molecule has 1 saturated heterocycles. The summed E-state index contributed by atoms with van der Waals surface area (Å²) in [5.41, 5.74) is 0. The standard InChI is InChI=1S/C6H13IN2/c1-6-5-8(2)3-4-9(6)7/h6H,3-5H2,1-2H3. The minimum atomic E-state index is 0.726. The van der Waals surface area contributed by atoms with Crippen molar-refractivity contribution in [3.8, 4) is 0 Å². The van der Waals surface area contributed by atoms with Crippen molar-refractivity contribution in [2.75, 3.05) is 26.7 Å². The Hall–Kier alpha value is 0.650. The van der Waals surface area contributed by atoms with Crippen LogP contribution in [0.2, 0.25) is 0 Å². The smallest absolute Gasteiger partial charge is 0.0293 e. The van der Waals surface area contributed by atoms with E-state index in [0.29, 0.717) is 0 Å². The van der Waals surface area contributed by atoms with Crippen molar-refractivity contribution in [3.05, 3.63) is 0 Å². The molecule has 0 bridgehead atoms. The van der Waals surface area contributed by atoms with Crippen LogP contribution in [0.1, 0.15) is 6.92 Å². The molecular formula is C6H13IN2.